The van der Waals surface area contributed by atoms with Crippen molar-refractivity contribution in [1.29, 1.82) is 0 Å². The zero-order chi connectivity index (χ0) is 14.8. The smallest absolute Gasteiger partial charge is 0.308 e. The second-order valence-electron chi connectivity index (χ2n) is 5.62. The van der Waals surface area contributed by atoms with Crippen molar-refractivity contribution in [1.82, 2.24) is 0 Å². The summed E-state index contributed by atoms with van der Waals surface area (Å²) in [7, 11) is -3.46. The fraction of sp³-hybridized carbons (Fsp3) is 0.800. The van der Waals surface area contributed by atoms with Gasteiger partial charge in [0.1, 0.15) is 5.16 Å². The lowest BCUT2D eigenvalue weighted by atomic mass is 9.67. The van der Waals surface area contributed by atoms with E-state index in [4.69, 9.17) is 9.05 Å². The molecule has 0 unspecified atom stereocenters. The van der Waals surface area contributed by atoms with E-state index in [0.29, 0.717) is 19.6 Å². The number of rotatable bonds is 5. The van der Waals surface area contributed by atoms with Crippen LogP contribution in [0.15, 0.2) is 12.2 Å². The average molecular weight is 300 g/mol. The van der Waals surface area contributed by atoms with Crippen LogP contribution in [0.4, 0.5) is 0 Å². The molecule has 20 heavy (non-hydrogen) atoms. The number of hydrogen-bond donors (Lipinski definition) is 0. The summed E-state index contributed by atoms with van der Waals surface area (Å²) in [5.74, 6) is 0.0431. The van der Waals surface area contributed by atoms with Crippen molar-refractivity contribution in [3.05, 3.63) is 12.2 Å². The third kappa shape index (κ3) is 2.22. The minimum Gasteiger partial charge on any atom is -0.308 e. The maximum atomic E-state index is 13.4. The SMILES string of the molecule is CCOP(=O)(OCC)[C@]12C(=O)CCC[C@H]1CC=C[C@H]2C. The fourth-order valence-corrected chi connectivity index (χ4v) is 6.76. The number of carbonyl (C=O) groups excluding carboxylic acids is 1. The highest BCUT2D eigenvalue weighted by atomic mass is 31.2. The van der Waals surface area contributed by atoms with Gasteiger partial charge in [-0.15, -0.1) is 0 Å². The number of Topliss-reactive ketones (excluding diaryl/α,β-unsaturated/α-hetero) is 1. The first-order chi connectivity index (χ1) is 9.53. The molecule has 1 saturated carbocycles. The van der Waals surface area contributed by atoms with Crippen molar-refractivity contribution in [3.63, 3.8) is 0 Å². The second kappa shape index (κ2) is 6.13. The van der Waals surface area contributed by atoms with E-state index >= 15 is 0 Å². The minimum atomic E-state index is -3.46. The summed E-state index contributed by atoms with van der Waals surface area (Å²) in [6, 6.07) is 0. The lowest BCUT2D eigenvalue weighted by Gasteiger charge is -2.49. The summed E-state index contributed by atoms with van der Waals surface area (Å²) in [4.78, 5) is 12.8. The molecular weight excluding hydrogens is 275 g/mol. The summed E-state index contributed by atoms with van der Waals surface area (Å²) in [5.41, 5.74) is 0. The van der Waals surface area contributed by atoms with Gasteiger partial charge in [-0.3, -0.25) is 9.36 Å². The number of carbonyl (C=O) groups is 1. The molecule has 2 rings (SSSR count). The number of fused-ring (bicyclic) bond motifs is 1. The van der Waals surface area contributed by atoms with Gasteiger partial charge in [-0.2, -0.15) is 0 Å². The van der Waals surface area contributed by atoms with Gasteiger partial charge < -0.3 is 9.05 Å². The first kappa shape index (κ1) is 15.9. The molecule has 0 bridgehead atoms. The Morgan fingerprint density at radius 3 is 2.60 bits per heavy atom. The van der Waals surface area contributed by atoms with E-state index in [1.54, 1.807) is 13.8 Å². The summed E-state index contributed by atoms with van der Waals surface area (Å²) >= 11 is 0. The quantitative estimate of drug-likeness (QED) is 0.569. The molecule has 0 radical (unpaired) electrons. The molecule has 0 heterocycles. The molecule has 2 aliphatic rings. The van der Waals surface area contributed by atoms with Gasteiger partial charge in [0.05, 0.1) is 13.2 Å². The molecule has 2 aliphatic carbocycles. The van der Waals surface area contributed by atoms with E-state index in [1.165, 1.54) is 0 Å². The molecule has 0 N–H and O–H groups in total. The summed E-state index contributed by atoms with van der Waals surface area (Å²) < 4.78 is 24.6. The zero-order valence-electron chi connectivity index (χ0n) is 12.6. The van der Waals surface area contributed by atoms with Crippen molar-refractivity contribution >= 4 is 13.4 Å². The normalized spacial score (nSPS) is 34.0. The molecule has 4 nitrogen and oxygen atoms in total. The molecule has 0 aromatic carbocycles. The minimum absolute atomic E-state index is 0.0656. The van der Waals surface area contributed by atoms with Crippen molar-refractivity contribution in [3.8, 4) is 0 Å². The molecule has 1 fully saturated rings. The largest absolute Gasteiger partial charge is 0.345 e. The van der Waals surface area contributed by atoms with Crippen LogP contribution in [0.2, 0.25) is 0 Å². The lowest BCUT2D eigenvalue weighted by molar-refractivity contribution is -0.127. The van der Waals surface area contributed by atoms with Crippen LogP contribution < -0.4 is 0 Å². The maximum absolute atomic E-state index is 13.4. The van der Waals surface area contributed by atoms with E-state index in [-0.39, 0.29) is 17.6 Å². The Morgan fingerprint density at radius 1 is 1.35 bits per heavy atom. The van der Waals surface area contributed by atoms with Crippen LogP contribution in [0.3, 0.4) is 0 Å². The van der Waals surface area contributed by atoms with E-state index in [2.05, 4.69) is 6.08 Å². The van der Waals surface area contributed by atoms with Crippen molar-refractivity contribution in [2.24, 2.45) is 11.8 Å². The Labute approximate surface area is 121 Å². The highest BCUT2D eigenvalue weighted by Gasteiger charge is 2.64. The van der Waals surface area contributed by atoms with Gasteiger partial charge >= 0.3 is 7.60 Å². The van der Waals surface area contributed by atoms with Crippen LogP contribution in [0.1, 0.15) is 46.5 Å². The van der Waals surface area contributed by atoms with Crippen LogP contribution >= 0.6 is 7.60 Å². The monoisotopic (exact) mass is 300 g/mol. The van der Waals surface area contributed by atoms with Gasteiger partial charge in [-0.25, -0.2) is 0 Å². The van der Waals surface area contributed by atoms with Crippen LogP contribution in [0.5, 0.6) is 0 Å². The first-order valence-corrected chi connectivity index (χ1v) is 9.16. The van der Waals surface area contributed by atoms with Crippen LogP contribution in [0, 0.1) is 11.8 Å². The Morgan fingerprint density at radius 2 is 2.00 bits per heavy atom. The highest BCUT2D eigenvalue weighted by molar-refractivity contribution is 7.57. The molecule has 0 saturated heterocycles. The number of hydrogen-bond acceptors (Lipinski definition) is 4. The Bertz CT molecular complexity index is 435. The standard InChI is InChI=1S/C15H25O4P/c1-4-18-20(17,19-5-2)15-12(3)8-6-9-13(15)10-7-11-14(15)16/h6,8,12-13H,4-5,7,9-11H2,1-3H3/t12-,13-,15+/m1/s1. The molecule has 0 aromatic rings. The third-order valence-electron chi connectivity index (χ3n) is 4.62. The zero-order valence-corrected chi connectivity index (χ0v) is 13.5. The molecule has 3 atom stereocenters. The van der Waals surface area contributed by atoms with Gasteiger partial charge in [0.15, 0.2) is 5.78 Å². The number of allylic oxidation sites excluding steroid dienone is 2. The van der Waals surface area contributed by atoms with Gasteiger partial charge in [-0.1, -0.05) is 19.1 Å². The highest BCUT2D eigenvalue weighted by Crippen LogP contribution is 2.69. The van der Waals surface area contributed by atoms with Gasteiger partial charge in [0.25, 0.3) is 0 Å². The molecule has 0 spiro atoms. The summed E-state index contributed by atoms with van der Waals surface area (Å²) in [6.07, 6.45) is 7.19. The van der Waals surface area contributed by atoms with E-state index in [0.717, 1.165) is 19.3 Å². The fourth-order valence-electron chi connectivity index (χ4n) is 3.89. The van der Waals surface area contributed by atoms with Crippen LogP contribution in [-0.4, -0.2) is 24.2 Å². The summed E-state index contributed by atoms with van der Waals surface area (Å²) in [6.45, 7) is 6.17. The molecule has 114 valence electrons. The average Bonchev–Trinajstić information content (AvgIpc) is 2.39. The van der Waals surface area contributed by atoms with Crippen molar-refractivity contribution in [2.45, 2.75) is 51.6 Å². The maximum Gasteiger partial charge on any atom is 0.345 e. The molecule has 0 aliphatic heterocycles. The molecule has 0 aromatic heterocycles. The van der Waals surface area contributed by atoms with Crippen molar-refractivity contribution in [2.75, 3.05) is 13.2 Å². The van der Waals surface area contributed by atoms with E-state index in [1.807, 2.05) is 13.0 Å². The van der Waals surface area contributed by atoms with Gasteiger partial charge in [0.2, 0.25) is 0 Å². The Kier molecular flexibility index (Phi) is 4.88. The van der Waals surface area contributed by atoms with E-state index < -0.39 is 12.8 Å². The predicted molar refractivity (Wildman–Crippen MR) is 78.9 cm³/mol. The van der Waals surface area contributed by atoms with Gasteiger partial charge in [-0.05, 0) is 44.9 Å². The molecule has 0 amide bonds. The molecular formula is C15H25O4P. The van der Waals surface area contributed by atoms with Crippen molar-refractivity contribution < 1.29 is 18.4 Å². The Hall–Kier alpha value is -0.440. The summed E-state index contributed by atoms with van der Waals surface area (Å²) in [5, 5.41) is -0.966. The lowest BCUT2D eigenvalue weighted by Crippen LogP contribution is -2.54. The molecule has 5 heteroatoms. The third-order valence-corrected chi connectivity index (χ3v) is 7.74. The predicted octanol–water partition coefficient (Wildman–Crippen LogP) is 3.96. The van der Waals surface area contributed by atoms with Crippen LogP contribution in [0.25, 0.3) is 0 Å². The van der Waals surface area contributed by atoms with E-state index in [9.17, 15) is 9.36 Å². The van der Waals surface area contributed by atoms with Crippen LogP contribution in [-0.2, 0) is 18.4 Å². The topological polar surface area (TPSA) is 52.6 Å². The first-order valence-electron chi connectivity index (χ1n) is 7.62. The number of ketones is 1. The van der Waals surface area contributed by atoms with Gasteiger partial charge in [0, 0.05) is 6.42 Å². The second-order valence-corrected chi connectivity index (χ2v) is 7.87. The Balaban J connectivity index is 2.56.